The van der Waals surface area contributed by atoms with Crippen molar-refractivity contribution in [1.82, 2.24) is 0 Å². The van der Waals surface area contributed by atoms with Gasteiger partial charge in [0.15, 0.2) is 0 Å². The van der Waals surface area contributed by atoms with Crippen LogP contribution in [-0.2, 0) is 10.8 Å². The van der Waals surface area contributed by atoms with Crippen LogP contribution in [0.4, 0.5) is 0 Å². The van der Waals surface area contributed by atoms with E-state index in [-0.39, 0.29) is 10.8 Å². The first-order valence-electron chi connectivity index (χ1n) is 32.0. The van der Waals surface area contributed by atoms with Crippen LogP contribution in [0.25, 0.3) is 164 Å². The Hall–Kier alpha value is -11.1. The lowest BCUT2D eigenvalue weighted by molar-refractivity contribution is 0.666. The summed E-state index contributed by atoms with van der Waals surface area (Å²) >= 11 is 0. The molecule has 1 heteroatoms. The zero-order valence-corrected chi connectivity index (χ0v) is 51.3. The van der Waals surface area contributed by atoms with Crippen molar-refractivity contribution >= 4 is 86.6 Å². The highest BCUT2D eigenvalue weighted by Crippen LogP contribution is 2.56. The standard InChI is InChI=1S/C51H34O.C39H28/c1-51(2)45-26-23-35(30-43(45)42-25-22-31-12-3-4-15-36(31)50(42)51)49-40-19-7-5-17-38(40)48(39-18-6-8-20-41(39)49)34-14-11-13-32(28-34)33-24-27-47-44(29-33)37-16-9-10-21-46(37)52-47;1-39(2)35-23-21-27(24-34(35)33-22-20-25-12-6-7-15-28(25)38(33)39)37-31-18-10-8-16-29(31)36(26-13-4-3-5-14-26)30-17-9-11-19-32(30)37/h3-30H,1-2H3;3-24H,1-2H3. The second-order valence-corrected chi connectivity index (χ2v) is 26.1. The van der Waals surface area contributed by atoms with E-state index in [1.54, 1.807) is 0 Å². The maximum absolute atomic E-state index is 6.15. The molecule has 19 rings (SSSR count). The van der Waals surface area contributed by atoms with Crippen LogP contribution in [0.2, 0.25) is 0 Å². The Labute approximate surface area is 529 Å². The van der Waals surface area contributed by atoms with Crippen molar-refractivity contribution < 1.29 is 4.42 Å². The number of para-hydroxylation sites is 1. The predicted molar refractivity (Wildman–Crippen MR) is 388 cm³/mol. The molecule has 0 N–H and O–H groups in total. The molecule has 0 aliphatic heterocycles. The van der Waals surface area contributed by atoms with E-state index < -0.39 is 0 Å². The molecule has 2 aliphatic carbocycles. The van der Waals surface area contributed by atoms with Gasteiger partial charge < -0.3 is 4.42 Å². The minimum atomic E-state index is -0.0850. The summed E-state index contributed by atoms with van der Waals surface area (Å²) in [5, 5.41) is 17.9. The molecule has 0 atom stereocenters. The quantitative estimate of drug-likeness (QED) is 0.157. The SMILES string of the molecule is CC1(C)c2ccc(-c3c4ccccc4c(-c4cccc(-c5ccc6oc7ccccc7c6c5)c4)c4ccccc34)cc2-c2ccc3ccccc3c21.CC1(C)c2ccc(-c3c4ccccc4c(-c4ccccc4)c4ccccc34)cc2-c2ccc3ccccc3c21. The maximum atomic E-state index is 6.15. The monoisotopic (exact) mass is 1160 g/mol. The van der Waals surface area contributed by atoms with Crippen LogP contribution in [0.3, 0.4) is 0 Å². The molecule has 0 radical (unpaired) electrons. The fourth-order valence-corrected chi connectivity index (χ4v) is 16.4. The lowest BCUT2D eigenvalue weighted by atomic mass is 9.80. The van der Waals surface area contributed by atoms with Crippen LogP contribution in [-0.4, -0.2) is 0 Å². The molecule has 0 bridgehead atoms. The molecule has 1 nitrogen and oxygen atoms in total. The fraction of sp³-hybridized carbons (Fsp3) is 0.0667. The molecule has 2 aliphatic rings. The number of furan rings is 1. The van der Waals surface area contributed by atoms with Gasteiger partial charge in [0.1, 0.15) is 11.2 Å². The normalized spacial score (nSPS) is 13.5. The highest BCUT2D eigenvalue weighted by Gasteiger charge is 2.39. The third-order valence-electron chi connectivity index (χ3n) is 20.4. The first kappa shape index (κ1) is 53.0. The van der Waals surface area contributed by atoms with E-state index in [1.807, 2.05) is 12.1 Å². The molecule has 0 spiro atoms. The van der Waals surface area contributed by atoms with Crippen LogP contribution in [0.1, 0.15) is 49.9 Å². The third-order valence-corrected chi connectivity index (χ3v) is 20.4. The molecule has 0 saturated carbocycles. The summed E-state index contributed by atoms with van der Waals surface area (Å²) in [4.78, 5) is 0. The van der Waals surface area contributed by atoms with Crippen LogP contribution in [0.5, 0.6) is 0 Å². The highest BCUT2D eigenvalue weighted by atomic mass is 16.3. The van der Waals surface area contributed by atoms with Crippen LogP contribution in [0, 0.1) is 0 Å². The van der Waals surface area contributed by atoms with Crippen molar-refractivity contribution in [3.63, 3.8) is 0 Å². The summed E-state index contributed by atoms with van der Waals surface area (Å²) in [6.07, 6.45) is 0. The van der Waals surface area contributed by atoms with E-state index in [2.05, 4.69) is 319 Å². The van der Waals surface area contributed by atoms with Crippen LogP contribution in [0.15, 0.2) is 308 Å². The first-order valence-corrected chi connectivity index (χ1v) is 32.0. The third kappa shape index (κ3) is 8.04. The fourth-order valence-electron chi connectivity index (χ4n) is 16.4. The summed E-state index contributed by atoms with van der Waals surface area (Å²) in [6.45, 7) is 9.52. The van der Waals surface area contributed by atoms with Gasteiger partial charge in [-0.15, -0.1) is 0 Å². The van der Waals surface area contributed by atoms with Crippen molar-refractivity contribution in [1.29, 1.82) is 0 Å². The van der Waals surface area contributed by atoms with Crippen molar-refractivity contribution in [3.05, 3.63) is 326 Å². The molecule has 0 unspecified atom stereocenters. The predicted octanol–water partition coefficient (Wildman–Crippen LogP) is 25.1. The highest BCUT2D eigenvalue weighted by molar-refractivity contribution is 6.23. The van der Waals surface area contributed by atoms with Gasteiger partial charge in [-0.3, -0.25) is 0 Å². The van der Waals surface area contributed by atoms with Gasteiger partial charge >= 0.3 is 0 Å². The maximum Gasteiger partial charge on any atom is 0.135 e. The van der Waals surface area contributed by atoms with Crippen molar-refractivity contribution in [2.24, 2.45) is 0 Å². The molecule has 1 aromatic heterocycles. The van der Waals surface area contributed by atoms with E-state index in [4.69, 9.17) is 4.42 Å². The summed E-state index contributed by atoms with van der Waals surface area (Å²) in [5.74, 6) is 0. The molecule has 16 aromatic carbocycles. The zero-order valence-electron chi connectivity index (χ0n) is 51.3. The smallest absolute Gasteiger partial charge is 0.135 e. The summed E-state index contributed by atoms with van der Waals surface area (Å²) < 4.78 is 6.15. The zero-order chi connectivity index (χ0) is 60.7. The van der Waals surface area contributed by atoms with E-state index in [0.29, 0.717) is 0 Å². The van der Waals surface area contributed by atoms with Crippen LogP contribution < -0.4 is 0 Å². The lowest BCUT2D eigenvalue weighted by Crippen LogP contribution is -2.15. The molecular formula is C90H62O. The Bertz CT molecular complexity index is 5780. The number of benzene rings is 16. The second kappa shape index (κ2) is 20.2. The molecule has 0 saturated heterocycles. The molecule has 428 valence electrons. The van der Waals surface area contributed by atoms with Crippen molar-refractivity contribution in [2.45, 2.75) is 38.5 Å². The van der Waals surface area contributed by atoms with E-state index in [0.717, 1.165) is 21.9 Å². The van der Waals surface area contributed by atoms with Gasteiger partial charge in [0, 0.05) is 21.6 Å². The number of fused-ring (bicyclic) bond motifs is 17. The van der Waals surface area contributed by atoms with Gasteiger partial charge in [-0.25, -0.2) is 0 Å². The summed E-state index contributed by atoms with van der Waals surface area (Å²) in [6, 6.07) is 112. The number of hydrogen-bond acceptors (Lipinski definition) is 1. The number of hydrogen-bond donors (Lipinski definition) is 0. The Morgan fingerprint density at radius 2 is 0.549 bits per heavy atom. The molecule has 17 aromatic rings. The Balaban J connectivity index is 0.000000141. The van der Waals surface area contributed by atoms with Gasteiger partial charge in [0.05, 0.1) is 0 Å². The molecule has 91 heavy (non-hydrogen) atoms. The lowest BCUT2D eigenvalue weighted by Gasteiger charge is -2.23. The minimum Gasteiger partial charge on any atom is -0.456 e. The number of rotatable bonds is 5. The van der Waals surface area contributed by atoms with Gasteiger partial charge in [0.25, 0.3) is 0 Å². The largest absolute Gasteiger partial charge is 0.456 e. The van der Waals surface area contributed by atoms with Gasteiger partial charge in [0.2, 0.25) is 0 Å². The average Bonchev–Trinajstić information content (AvgIpc) is 1.76. The van der Waals surface area contributed by atoms with Crippen molar-refractivity contribution in [3.8, 4) is 77.9 Å². The topological polar surface area (TPSA) is 13.1 Å². The first-order chi connectivity index (χ1) is 44.7. The molecule has 0 amide bonds. The summed E-state index contributed by atoms with van der Waals surface area (Å²) in [5.41, 5.74) is 25.4. The Morgan fingerprint density at radius 3 is 1.02 bits per heavy atom. The Kier molecular flexibility index (Phi) is 11.8. The van der Waals surface area contributed by atoms with Crippen molar-refractivity contribution in [2.75, 3.05) is 0 Å². The van der Waals surface area contributed by atoms with Crippen LogP contribution >= 0.6 is 0 Å². The molecule has 1 heterocycles. The van der Waals surface area contributed by atoms with Gasteiger partial charge in [-0.2, -0.15) is 0 Å². The minimum absolute atomic E-state index is 0.0502. The van der Waals surface area contributed by atoms with Gasteiger partial charge in [-0.05, 0) is 201 Å². The van der Waals surface area contributed by atoms with E-state index >= 15 is 0 Å². The van der Waals surface area contributed by atoms with E-state index in [1.165, 1.54) is 165 Å². The average molecular weight is 1160 g/mol. The molecule has 0 fully saturated rings. The van der Waals surface area contributed by atoms with Gasteiger partial charge in [-0.1, -0.05) is 295 Å². The molecular weight excluding hydrogens is 1100 g/mol. The second-order valence-electron chi connectivity index (χ2n) is 26.1. The van der Waals surface area contributed by atoms with E-state index in [9.17, 15) is 0 Å². The Morgan fingerprint density at radius 1 is 0.209 bits per heavy atom. The summed E-state index contributed by atoms with van der Waals surface area (Å²) in [7, 11) is 0.